The number of hydrogen-bond acceptors (Lipinski definition) is 3. The van der Waals surface area contributed by atoms with Crippen LogP contribution in [0, 0.1) is 0 Å². The van der Waals surface area contributed by atoms with E-state index < -0.39 is 0 Å². The molecule has 2 aromatic carbocycles. The first-order chi connectivity index (χ1) is 12.4. The molecule has 3 nitrogen and oxygen atoms in total. The number of hydrogen-bond donors (Lipinski definition) is 2. The summed E-state index contributed by atoms with van der Waals surface area (Å²) in [5.41, 5.74) is 3.67. The predicted octanol–water partition coefficient (Wildman–Crippen LogP) is 3.93. The van der Waals surface area contributed by atoms with Gasteiger partial charge in [-0.1, -0.05) is 60.7 Å². The zero-order chi connectivity index (χ0) is 17.3. The zero-order valence-electron chi connectivity index (χ0n) is 14.3. The lowest BCUT2D eigenvalue weighted by Crippen LogP contribution is -2.28. The van der Waals surface area contributed by atoms with Crippen molar-refractivity contribution in [3.8, 4) is 0 Å². The molecule has 0 bridgehead atoms. The lowest BCUT2D eigenvalue weighted by Gasteiger charge is -2.24. The molecule has 25 heavy (non-hydrogen) atoms. The Kier molecular flexibility index (Phi) is 6.32. The van der Waals surface area contributed by atoms with Crippen LogP contribution in [0.3, 0.4) is 0 Å². The van der Waals surface area contributed by atoms with E-state index in [4.69, 9.17) is 0 Å². The number of aromatic nitrogens is 1. The third kappa shape index (κ3) is 4.75. The second-order valence-corrected chi connectivity index (χ2v) is 6.15. The Labute approximate surface area is 149 Å². The van der Waals surface area contributed by atoms with Gasteiger partial charge in [0, 0.05) is 25.5 Å². The fourth-order valence-corrected chi connectivity index (χ4v) is 3.16. The van der Waals surface area contributed by atoms with Crippen LogP contribution in [0.1, 0.15) is 35.1 Å². The molecule has 0 radical (unpaired) electrons. The van der Waals surface area contributed by atoms with Crippen molar-refractivity contribution < 1.29 is 5.11 Å². The largest absolute Gasteiger partial charge is 0.396 e. The third-order valence-corrected chi connectivity index (χ3v) is 4.49. The minimum absolute atomic E-state index is 0.106. The molecule has 2 atom stereocenters. The van der Waals surface area contributed by atoms with Crippen LogP contribution in [0.5, 0.6) is 0 Å². The Hall–Kier alpha value is -2.49. The van der Waals surface area contributed by atoms with Gasteiger partial charge >= 0.3 is 0 Å². The Morgan fingerprint density at radius 2 is 1.32 bits per heavy atom. The van der Waals surface area contributed by atoms with E-state index in [2.05, 4.69) is 58.8 Å². The molecule has 3 aromatic rings. The standard InChI is InChI=1S/C22H24N2O/c25-16-13-21(18-7-3-1-4-8-18)17-24-22(19-9-5-2-6-10-19)20-11-14-23-15-12-20/h1-12,14-15,21-22,24-25H,13,16-17H2. The van der Waals surface area contributed by atoms with Crippen molar-refractivity contribution in [2.45, 2.75) is 18.4 Å². The monoisotopic (exact) mass is 332 g/mol. The average molecular weight is 332 g/mol. The number of nitrogens with zero attached hydrogens (tertiary/aromatic N) is 1. The molecule has 0 aliphatic heterocycles. The van der Waals surface area contributed by atoms with E-state index in [0.29, 0.717) is 0 Å². The van der Waals surface area contributed by atoms with Crippen molar-refractivity contribution in [2.75, 3.05) is 13.2 Å². The highest BCUT2D eigenvalue weighted by Gasteiger charge is 2.17. The number of benzene rings is 2. The second kappa shape index (κ2) is 9.11. The highest BCUT2D eigenvalue weighted by atomic mass is 16.3. The van der Waals surface area contributed by atoms with Gasteiger partial charge < -0.3 is 10.4 Å². The Balaban J connectivity index is 1.80. The molecule has 0 spiro atoms. The van der Waals surface area contributed by atoms with Crippen LogP contribution in [-0.4, -0.2) is 23.2 Å². The van der Waals surface area contributed by atoms with Crippen molar-refractivity contribution in [1.29, 1.82) is 0 Å². The minimum atomic E-state index is 0.106. The molecular weight excluding hydrogens is 308 g/mol. The maximum atomic E-state index is 9.46. The predicted molar refractivity (Wildman–Crippen MR) is 101 cm³/mol. The molecule has 0 saturated heterocycles. The average Bonchev–Trinajstić information content (AvgIpc) is 2.70. The topological polar surface area (TPSA) is 45.1 Å². The van der Waals surface area contributed by atoms with Crippen LogP contribution < -0.4 is 5.32 Å². The van der Waals surface area contributed by atoms with Gasteiger partial charge in [-0.2, -0.15) is 0 Å². The van der Waals surface area contributed by atoms with Gasteiger partial charge in [-0.25, -0.2) is 0 Å². The van der Waals surface area contributed by atoms with Crippen molar-refractivity contribution in [2.24, 2.45) is 0 Å². The fourth-order valence-electron chi connectivity index (χ4n) is 3.16. The molecule has 0 aliphatic carbocycles. The van der Waals surface area contributed by atoms with Gasteiger partial charge in [-0.3, -0.25) is 4.98 Å². The molecular formula is C22H24N2O. The van der Waals surface area contributed by atoms with Crippen molar-refractivity contribution in [3.63, 3.8) is 0 Å². The van der Waals surface area contributed by atoms with Crippen LogP contribution in [0.25, 0.3) is 0 Å². The molecule has 0 amide bonds. The van der Waals surface area contributed by atoms with Crippen molar-refractivity contribution >= 4 is 0 Å². The van der Waals surface area contributed by atoms with Gasteiger partial charge in [0.05, 0.1) is 6.04 Å². The quantitative estimate of drug-likeness (QED) is 0.657. The van der Waals surface area contributed by atoms with E-state index in [1.165, 1.54) is 16.7 Å². The van der Waals surface area contributed by atoms with Gasteiger partial charge in [-0.05, 0) is 41.2 Å². The summed E-state index contributed by atoms with van der Waals surface area (Å²) in [4.78, 5) is 4.13. The summed E-state index contributed by atoms with van der Waals surface area (Å²) in [5.74, 6) is 0.277. The normalized spacial score (nSPS) is 13.3. The van der Waals surface area contributed by atoms with Crippen LogP contribution in [-0.2, 0) is 0 Å². The molecule has 1 heterocycles. The zero-order valence-corrected chi connectivity index (χ0v) is 14.3. The van der Waals surface area contributed by atoms with Gasteiger partial charge in [-0.15, -0.1) is 0 Å². The molecule has 1 aromatic heterocycles. The summed E-state index contributed by atoms with van der Waals surface area (Å²) in [6, 6.07) is 25.0. The first kappa shape index (κ1) is 17.3. The maximum absolute atomic E-state index is 9.46. The smallest absolute Gasteiger partial charge is 0.0578 e. The van der Waals surface area contributed by atoms with E-state index in [1.807, 2.05) is 36.7 Å². The van der Waals surface area contributed by atoms with E-state index in [-0.39, 0.29) is 18.6 Å². The summed E-state index contributed by atoms with van der Waals surface area (Å²) in [7, 11) is 0. The van der Waals surface area contributed by atoms with E-state index in [9.17, 15) is 5.11 Å². The molecule has 0 aliphatic rings. The van der Waals surface area contributed by atoms with E-state index >= 15 is 0 Å². The SMILES string of the molecule is OCCC(CNC(c1ccccc1)c1ccncc1)c1ccccc1. The summed E-state index contributed by atoms with van der Waals surface area (Å²) >= 11 is 0. The Morgan fingerprint density at radius 3 is 1.92 bits per heavy atom. The number of nitrogens with one attached hydrogen (secondary N) is 1. The summed E-state index contributed by atoms with van der Waals surface area (Å²) in [6.07, 6.45) is 4.40. The van der Waals surface area contributed by atoms with Gasteiger partial charge in [0.2, 0.25) is 0 Å². The summed E-state index contributed by atoms with van der Waals surface area (Å²) in [6.45, 7) is 0.985. The van der Waals surface area contributed by atoms with E-state index in [1.54, 1.807) is 0 Å². The van der Waals surface area contributed by atoms with Crippen LogP contribution >= 0.6 is 0 Å². The van der Waals surface area contributed by atoms with Crippen molar-refractivity contribution in [1.82, 2.24) is 10.3 Å². The second-order valence-electron chi connectivity index (χ2n) is 6.15. The number of pyridine rings is 1. The van der Waals surface area contributed by atoms with Crippen LogP contribution in [0.15, 0.2) is 85.2 Å². The molecule has 3 rings (SSSR count). The van der Waals surface area contributed by atoms with Gasteiger partial charge in [0.25, 0.3) is 0 Å². The minimum Gasteiger partial charge on any atom is -0.396 e. The Bertz CT molecular complexity index is 692. The maximum Gasteiger partial charge on any atom is 0.0578 e. The van der Waals surface area contributed by atoms with Gasteiger partial charge in [0.15, 0.2) is 0 Å². The number of rotatable bonds is 8. The number of aliphatic hydroxyl groups is 1. The molecule has 0 saturated carbocycles. The first-order valence-corrected chi connectivity index (χ1v) is 8.72. The molecule has 128 valence electrons. The number of aliphatic hydroxyl groups excluding tert-OH is 1. The Morgan fingerprint density at radius 1 is 0.760 bits per heavy atom. The highest BCUT2D eigenvalue weighted by molar-refractivity contribution is 5.30. The lowest BCUT2D eigenvalue weighted by atomic mass is 9.94. The van der Waals surface area contributed by atoms with Crippen LogP contribution in [0.2, 0.25) is 0 Å². The molecule has 2 N–H and O–H groups in total. The fraction of sp³-hybridized carbons (Fsp3) is 0.227. The summed E-state index contributed by atoms with van der Waals surface area (Å²) < 4.78 is 0. The molecule has 0 fully saturated rings. The molecule has 2 unspecified atom stereocenters. The van der Waals surface area contributed by atoms with E-state index in [0.717, 1.165) is 13.0 Å². The van der Waals surface area contributed by atoms with Crippen molar-refractivity contribution in [3.05, 3.63) is 102 Å². The van der Waals surface area contributed by atoms with Gasteiger partial charge in [0.1, 0.15) is 0 Å². The van der Waals surface area contributed by atoms with Crippen LogP contribution in [0.4, 0.5) is 0 Å². The first-order valence-electron chi connectivity index (χ1n) is 8.72. The summed E-state index contributed by atoms with van der Waals surface area (Å²) in [5, 5.41) is 13.2. The third-order valence-electron chi connectivity index (χ3n) is 4.49. The molecule has 3 heteroatoms. The lowest BCUT2D eigenvalue weighted by molar-refractivity contribution is 0.272. The highest BCUT2D eigenvalue weighted by Crippen LogP contribution is 2.24.